The highest BCUT2D eigenvalue weighted by molar-refractivity contribution is 5.97. The maximum Gasteiger partial charge on any atom is 0.130 e. The number of ether oxygens (including phenoxy) is 1. The fourth-order valence-electron chi connectivity index (χ4n) is 1.09. The highest BCUT2D eigenvalue weighted by Crippen LogP contribution is 2.19. The number of nitrogen functional groups attached to an aromatic ring is 1. The van der Waals surface area contributed by atoms with Gasteiger partial charge < -0.3 is 10.5 Å². The van der Waals surface area contributed by atoms with Gasteiger partial charge in [0.25, 0.3) is 0 Å². The van der Waals surface area contributed by atoms with Crippen LogP contribution in [0.15, 0.2) is 18.2 Å². The van der Waals surface area contributed by atoms with Gasteiger partial charge in [-0.05, 0) is 24.1 Å². The van der Waals surface area contributed by atoms with Crippen LogP contribution in [0, 0.1) is 17.1 Å². The summed E-state index contributed by atoms with van der Waals surface area (Å²) in [5, 5.41) is 7.29. The van der Waals surface area contributed by atoms with E-state index in [1.165, 1.54) is 18.2 Å². The standard InChI is InChI=1S/C11H15FN2O/c1-7(2)6-15-10-4-3-8(12)5-9(10)11(13)14/h3-5,7H,6H2,1-2H3,(H3,13,14). The second-order valence-electron chi connectivity index (χ2n) is 3.76. The molecule has 1 aromatic rings. The molecule has 0 heterocycles. The normalized spacial score (nSPS) is 10.4. The third kappa shape index (κ3) is 3.23. The van der Waals surface area contributed by atoms with Crippen molar-refractivity contribution in [2.45, 2.75) is 13.8 Å². The average molecular weight is 210 g/mol. The molecule has 0 spiro atoms. The van der Waals surface area contributed by atoms with E-state index in [1.54, 1.807) is 0 Å². The highest BCUT2D eigenvalue weighted by Gasteiger charge is 2.08. The van der Waals surface area contributed by atoms with Crippen molar-refractivity contribution >= 4 is 5.84 Å². The molecule has 0 atom stereocenters. The zero-order valence-electron chi connectivity index (χ0n) is 8.88. The zero-order valence-corrected chi connectivity index (χ0v) is 8.88. The second kappa shape index (κ2) is 4.77. The molecule has 4 heteroatoms. The average Bonchev–Trinajstić information content (AvgIpc) is 2.15. The first-order valence-electron chi connectivity index (χ1n) is 4.77. The summed E-state index contributed by atoms with van der Waals surface area (Å²) in [7, 11) is 0. The highest BCUT2D eigenvalue weighted by atomic mass is 19.1. The molecule has 0 aliphatic carbocycles. The van der Waals surface area contributed by atoms with Gasteiger partial charge in [0.15, 0.2) is 0 Å². The Labute approximate surface area is 88.6 Å². The molecule has 15 heavy (non-hydrogen) atoms. The minimum absolute atomic E-state index is 0.187. The summed E-state index contributed by atoms with van der Waals surface area (Å²) >= 11 is 0. The molecular formula is C11H15FN2O. The van der Waals surface area contributed by atoms with Gasteiger partial charge >= 0.3 is 0 Å². The largest absolute Gasteiger partial charge is 0.493 e. The Balaban J connectivity index is 2.91. The Morgan fingerprint density at radius 1 is 1.53 bits per heavy atom. The lowest BCUT2D eigenvalue weighted by atomic mass is 10.1. The molecular weight excluding hydrogens is 195 g/mol. The number of halogens is 1. The van der Waals surface area contributed by atoms with Crippen LogP contribution in [0.2, 0.25) is 0 Å². The van der Waals surface area contributed by atoms with Gasteiger partial charge in [-0.3, -0.25) is 5.41 Å². The molecule has 0 unspecified atom stereocenters. The monoisotopic (exact) mass is 210 g/mol. The Morgan fingerprint density at radius 3 is 2.73 bits per heavy atom. The van der Waals surface area contributed by atoms with Gasteiger partial charge in [-0.15, -0.1) is 0 Å². The minimum Gasteiger partial charge on any atom is -0.493 e. The van der Waals surface area contributed by atoms with Crippen molar-refractivity contribution in [3.63, 3.8) is 0 Å². The molecule has 1 aromatic carbocycles. The number of hydrogen-bond acceptors (Lipinski definition) is 2. The SMILES string of the molecule is CC(C)COc1ccc(F)cc1C(=N)N. The van der Waals surface area contributed by atoms with E-state index in [1.807, 2.05) is 13.8 Å². The van der Waals surface area contributed by atoms with Crippen LogP contribution in [0.25, 0.3) is 0 Å². The summed E-state index contributed by atoms with van der Waals surface area (Å²) in [6.07, 6.45) is 0. The van der Waals surface area contributed by atoms with Crippen molar-refractivity contribution in [2.24, 2.45) is 11.7 Å². The van der Waals surface area contributed by atoms with Crippen LogP contribution in [-0.2, 0) is 0 Å². The third-order valence-electron chi connectivity index (χ3n) is 1.80. The number of nitrogens with two attached hydrogens (primary N) is 1. The fourth-order valence-corrected chi connectivity index (χ4v) is 1.09. The molecule has 82 valence electrons. The molecule has 0 bridgehead atoms. The van der Waals surface area contributed by atoms with Gasteiger partial charge in [0, 0.05) is 0 Å². The maximum atomic E-state index is 12.9. The predicted molar refractivity (Wildman–Crippen MR) is 57.7 cm³/mol. The van der Waals surface area contributed by atoms with Gasteiger partial charge in [-0.1, -0.05) is 13.8 Å². The fraction of sp³-hybridized carbons (Fsp3) is 0.364. The van der Waals surface area contributed by atoms with E-state index >= 15 is 0 Å². The number of nitrogens with one attached hydrogen (secondary N) is 1. The van der Waals surface area contributed by atoms with E-state index in [4.69, 9.17) is 15.9 Å². The van der Waals surface area contributed by atoms with Gasteiger partial charge in [-0.2, -0.15) is 0 Å². The number of hydrogen-bond donors (Lipinski definition) is 2. The number of amidine groups is 1. The number of rotatable bonds is 4. The Morgan fingerprint density at radius 2 is 2.20 bits per heavy atom. The molecule has 3 nitrogen and oxygen atoms in total. The molecule has 0 aliphatic rings. The summed E-state index contributed by atoms with van der Waals surface area (Å²) in [4.78, 5) is 0. The van der Waals surface area contributed by atoms with E-state index in [-0.39, 0.29) is 5.84 Å². The van der Waals surface area contributed by atoms with Crippen molar-refractivity contribution in [1.29, 1.82) is 5.41 Å². The van der Waals surface area contributed by atoms with E-state index < -0.39 is 5.82 Å². The van der Waals surface area contributed by atoms with Gasteiger partial charge in [0.2, 0.25) is 0 Å². The van der Waals surface area contributed by atoms with Crippen LogP contribution in [0.5, 0.6) is 5.75 Å². The molecule has 3 N–H and O–H groups in total. The molecule has 0 aliphatic heterocycles. The molecule has 0 radical (unpaired) electrons. The van der Waals surface area contributed by atoms with Gasteiger partial charge in [-0.25, -0.2) is 4.39 Å². The second-order valence-corrected chi connectivity index (χ2v) is 3.76. The lowest BCUT2D eigenvalue weighted by molar-refractivity contribution is 0.270. The maximum absolute atomic E-state index is 12.9. The van der Waals surface area contributed by atoms with Crippen LogP contribution in [0.3, 0.4) is 0 Å². The lowest BCUT2D eigenvalue weighted by Gasteiger charge is -2.12. The van der Waals surface area contributed by atoms with Crippen molar-refractivity contribution in [2.75, 3.05) is 6.61 Å². The lowest BCUT2D eigenvalue weighted by Crippen LogP contribution is -2.15. The van der Waals surface area contributed by atoms with Crippen LogP contribution in [0.4, 0.5) is 4.39 Å². The van der Waals surface area contributed by atoms with Crippen molar-refractivity contribution in [1.82, 2.24) is 0 Å². The van der Waals surface area contributed by atoms with E-state index in [0.29, 0.717) is 23.8 Å². The van der Waals surface area contributed by atoms with Crippen LogP contribution < -0.4 is 10.5 Å². The van der Waals surface area contributed by atoms with E-state index in [9.17, 15) is 4.39 Å². The van der Waals surface area contributed by atoms with Crippen LogP contribution in [0.1, 0.15) is 19.4 Å². The molecule has 0 saturated carbocycles. The first kappa shape index (κ1) is 11.5. The summed E-state index contributed by atoms with van der Waals surface area (Å²) < 4.78 is 18.3. The smallest absolute Gasteiger partial charge is 0.130 e. The predicted octanol–water partition coefficient (Wildman–Crippen LogP) is 2.14. The summed E-state index contributed by atoms with van der Waals surface area (Å²) in [5.41, 5.74) is 5.63. The molecule has 1 rings (SSSR count). The Bertz CT molecular complexity index is 364. The van der Waals surface area contributed by atoms with Crippen molar-refractivity contribution < 1.29 is 9.13 Å². The molecule has 0 aromatic heterocycles. The van der Waals surface area contributed by atoms with Gasteiger partial charge in [0.05, 0.1) is 12.2 Å². The van der Waals surface area contributed by atoms with Gasteiger partial charge in [0.1, 0.15) is 17.4 Å². The first-order chi connectivity index (χ1) is 7.00. The molecule has 0 saturated heterocycles. The molecule has 0 amide bonds. The van der Waals surface area contributed by atoms with Crippen LogP contribution >= 0.6 is 0 Å². The van der Waals surface area contributed by atoms with E-state index in [2.05, 4.69) is 0 Å². The number of benzene rings is 1. The third-order valence-corrected chi connectivity index (χ3v) is 1.80. The zero-order chi connectivity index (χ0) is 11.4. The summed E-state index contributed by atoms with van der Waals surface area (Å²) in [6, 6.07) is 3.99. The Kier molecular flexibility index (Phi) is 3.66. The van der Waals surface area contributed by atoms with Crippen molar-refractivity contribution in [3.8, 4) is 5.75 Å². The summed E-state index contributed by atoms with van der Waals surface area (Å²) in [5.74, 6) is 0.220. The quantitative estimate of drug-likeness (QED) is 0.591. The Hall–Kier alpha value is -1.58. The first-order valence-corrected chi connectivity index (χ1v) is 4.77. The van der Waals surface area contributed by atoms with Crippen molar-refractivity contribution in [3.05, 3.63) is 29.6 Å². The molecule has 0 fully saturated rings. The topological polar surface area (TPSA) is 59.1 Å². The van der Waals surface area contributed by atoms with Crippen LogP contribution in [-0.4, -0.2) is 12.4 Å². The summed E-state index contributed by atoms with van der Waals surface area (Å²) in [6.45, 7) is 4.54. The minimum atomic E-state index is -0.419. The van der Waals surface area contributed by atoms with E-state index in [0.717, 1.165) is 0 Å².